The summed E-state index contributed by atoms with van der Waals surface area (Å²) in [6, 6.07) is 0. The van der Waals surface area contributed by atoms with Gasteiger partial charge in [0, 0.05) is 11.0 Å². The van der Waals surface area contributed by atoms with Gasteiger partial charge in [0.2, 0.25) is 0 Å². The highest BCUT2D eigenvalue weighted by Gasteiger charge is 2.18. The van der Waals surface area contributed by atoms with Crippen molar-refractivity contribution in [2.45, 2.75) is 46.5 Å². The largest absolute Gasteiger partial charge is 0.310 e. The zero-order valence-electron chi connectivity index (χ0n) is 9.56. The number of rotatable bonds is 1. The Morgan fingerprint density at radius 1 is 1.36 bits per heavy atom. The SMILES string of the molecule is CCc1nc(C(C)(C)C)[nH]c(=O)c1C. The lowest BCUT2D eigenvalue weighted by molar-refractivity contribution is 0.537. The first kappa shape index (κ1) is 11.0. The molecule has 0 saturated heterocycles. The molecular weight excluding hydrogens is 176 g/mol. The molecule has 0 spiro atoms. The Labute approximate surface area is 84.6 Å². The molecule has 0 amide bonds. The summed E-state index contributed by atoms with van der Waals surface area (Å²) >= 11 is 0. The number of hydrogen-bond donors (Lipinski definition) is 1. The van der Waals surface area contributed by atoms with Gasteiger partial charge in [0.05, 0.1) is 5.69 Å². The fourth-order valence-electron chi connectivity index (χ4n) is 1.28. The Bertz CT molecular complexity index is 385. The van der Waals surface area contributed by atoms with Gasteiger partial charge in [-0.1, -0.05) is 27.7 Å². The lowest BCUT2D eigenvalue weighted by Crippen LogP contribution is -2.25. The summed E-state index contributed by atoms with van der Waals surface area (Å²) in [7, 11) is 0. The first-order chi connectivity index (χ1) is 6.36. The number of hydrogen-bond acceptors (Lipinski definition) is 2. The maximum Gasteiger partial charge on any atom is 0.254 e. The van der Waals surface area contributed by atoms with Gasteiger partial charge in [-0.15, -0.1) is 0 Å². The van der Waals surface area contributed by atoms with E-state index in [1.807, 2.05) is 34.6 Å². The van der Waals surface area contributed by atoms with E-state index in [9.17, 15) is 4.79 Å². The van der Waals surface area contributed by atoms with Gasteiger partial charge in [0.1, 0.15) is 5.82 Å². The Morgan fingerprint density at radius 3 is 2.36 bits per heavy atom. The summed E-state index contributed by atoms with van der Waals surface area (Å²) in [5.74, 6) is 0.768. The maximum absolute atomic E-state index is 11.6. The van der Waals surface area contributed by atoms with Crippen LogP contribution in [-0.2, 0) is 11.8 Å². The molecule has 0 radical (unpaired) electrons. The molecule has 0 bridgehead atoms. The van der Waals surface area contributed by atoms with Crippen LogP contribution in [0.25, 0.3) is 0 Å². The predicted octanol–water partition coefficient (Wildman–Crippen LogP) is 1.94. The maximum atomic E-state index is 11.6. The van der Waals surface area contributed by atoms with Crippen LogP contribution in [-0.4, -0.2) is 9.97 Å². The van der Waals surface area contributed by atoms with Crippen molar-refractivity contribution < 1.29 is 0 Å². The van der Waals surface area contributed by atoms with Gasteiger partial charge >= 0.3 is 0 Å². The lowest BCUT2D eigenvalue weighted by atomic mass is 9.95. The van der Waals surface area contributed by atoms with Crippen molar-refractivity contribution in [2.75, 3.05) is 0 Å². The molecule has 0 aliphatic rings. The number of H-pyrrole nitrogens is 1. The van der Waals surface area contributed by atoms with Gasteiger partial charge in [-0.3, -0.25) is 4.79 Å². The number of aromatic amines is 1. The second kappa shape index (κ2) is 3.56. The minimum atomic E-state index is -0.100. The minimum absolute atomic E-state index is 0.0122. The van der Waals surface area contributed by atoms with E-state index in [4.69, 9.17) is 0 Å². The third-order valence-electron chi connectivity index (χ3n) is 2.30. The highest BCUT2D eigenvalue weighted by molar-refractivity contribution is 5.18. The number of nitrogens with zero attached hydrogens (tertiary/aromatic N) is 1. The molecular formula is C11H18N2O. The van der Waals surface area contributed by atoms with Crippen molar-refractivity contribution in [1.82, 2.24) is 9.97 Å². The summed E-state index contributed by atoms with van der Waals surface area (Å²) in [5, 5.41) is 0. The van der Waals surface area contributed by atoms with E-state index < -0.39 is 0 Å². The summed E-state index contributed by atoms with van der Waals surface area (Å²) in [6.45, 7) is 9.96. The zero-order chi connectivity index (χ0) is 10.9. The highest BCUT2D eigenvalue weighted by Crippen LogP contribution is 2.17. The summed E-state index contributed by atoms with van der Waals surface area (Å²) in [4.78, 5) is 18.9. The van der Waals surface area contributed by atoms with E-state index in [1.54, 1.807) is 0 Å². The average molecular weight is 194 g/mol. The van der Waals surface area contributed by atoms with Crippen molar-refractivity contribution in [3.05, 3.63) is 27.4 Å². The van der Waals surface area contributed by atoms with Crippen molar-refractivity contribution >= 4 is 0 Å². The smallest absolute Gasteiger partial charge is 0.254 e. The van der Waals surface area contributed by atoms with Gasteiger partial charge in [-0.25, -0.2) is 4.98 Å². The van der Waals surface area contributed by atoms with Crippen LogP contribution in [0, 0.1) is 6.92 Å². The van der Waals surface area contributed by atoms with E-state index in [-0.39, 0.29) is 11.0 Å². The topological polar surface area (TPSA) is 45.8 Å². The minimum Gasteiger partial charge on any atom is -0.310 e. The van der Waals surface area contributed by atoms with Gasteiger partial charge in [0.25, 0.3) is 5.56 Å². The van der Waals surface area contributed by atoms with Gasteiger partial charge in [-0.05, 0) is 13.3 Å². The molecule has 14 heavy (non-hydrogen) atoms. The van der Waals surface area contributed by atoms with E-state index in [0.29, 0.717) is 0 Å². The van der Waals surface area contributed by atoms with Gasteiger partial charge < -0.3 is 4.98 Å². The Balaban J connectivity index is 3.38. The standard InChI is InChI=1S/C11H18N2O/c1-6-8-7(2)9(14)13-10(12-8)11(3,4)5/h6H2,1-5H3,(H,12,13,14). The van der Waals surface area contributed by atoms with Crippen LogP contribution in [0.5, 0.6) is 0 Å². The third-order valence-corrected chi connectivity index (χ3v) is 2.30. The molecule has 0 aromatic carbocycles. The lowest BCUT2D eigenvalue weighted by Gasteiger charge is -2.18. The van der Waals surface area contributed by atoms with Crippen LogP contribution in [0.3, 0.4) is 0 Å². The molecule has 0 aliphatic carbocycles. The molecule has 1 N–H and O–H groups in total. The molecule has 1 rings (SSSR count). The summed E-state index contributed by atoms with van der Waals surface area (Å²) < 4.78 is 0. The molecule has 1 aromatic heterocycles. The first-order valence-electron chi connectivity index (χ1n) is 4.96. The van der Waals surface area contributed by atoms with E-state index in [1.165, 1.54) is 0 Å². The van der Waals surface area contributed by atoms with Crippen molar-refractivity contribution in [3.63, 3.8) is 0 Å². The van der Waals surface area contributed by atoms with Crippen LogP contribution in [0.4, 0.5) is 0 Å². The number of nitrogens with one attached hydrogen (secondary N) is 1. The van der Waals surface area contributed by atoms with E-state index in [0.717, 1.165) is 23.5 Å². The zero-order valence-corrected chi connectivity index (χ0v) is 9.56. The van der Waals surface area contributed by atoms with Crippen LogP contribution < -0.4 is 5.56 Å². The second-order valence-corrected chi connectivity index (χ2v) is 4.59. The molecule has 0 saturated carbocycles. The summed E-state index contributed by atoms with van der Waals surface area (Å²) in [5.41, 5.74) is 1.53. The predicted molar refractivity (Wildman–Crippen MR) is 57.7 cm³/mol. The molecule has 3 heteroatoms. The monoisotopic (exact) mass is 194 g/mol. The van der Waals surface area contributed by atoms with Crippen molar-refractivity contribution in [1.29, 1.82) is 0 Å². The molecule has 1 heterocycles. The molecule has 78 valence electrons. The second-order valence-electron chi connectivity index (χ2n) is 4.59. The number of aryl methyl sites for hydroxylation is 1. The van der Waals surface area contributed by atoms with Crippen LogP contribution in [0.1, 0.15) is 44.8 Å². The molecule has 0 aliphatic heterocycles. The van der Waals surface area contributed by atoms with Crippen LogP contribution >= 0.6 is 0 Å². The van der Waals surface area contributed by atoms with Gasteiger partial charge in [-0.2, -0.15) is 0 Å². The summed E-state index contributed by atoms with van der Waals surface area (Å²) in [6.07, 6.45) is 0.804. The molecule has 3 nitrogen and oxygen atoms in total. The number of aromatic nitrogens is 2. The molecule has 1 aromatic rings. The highest BCUT2D eigenvalue weighted by atomic mass is 16.1. The average Bonchev–Trinajstić information content (AvgIpc) is 2.07. The quantitative estimate of drug-likeness (QED) is 0.742. The molecule has 0 unspecified atom stereocenters. The molecule has 0 atom stereocenters. The normalized spacial score (nSPS) is 11.8. The fraction of sp³-hybridized carbons (Fsp3) is 0.636. The fourth-order valence-corrected chi connectivity index (χ4v) is 1.28. The Morgan fingerprint density at radius 2 is 1.93 bits per heavy atom. The first-order valence-corrected chi connectivity index (χ1v) is 4.96. The van der Waals surface area contributed by atoms with Crippen molar-refractivity contribution in [2.24, 2.45) is 0 Å². The Hall–Kier alpha value is -1.12. The Kier molecular flexibility index (Phi) is 2.79. The van der Waals surface area contributed by atoms with Crippen LogP contribution in [0.2, 0.25) is 0 Å². The third kappa shape index (κ3) is 2.03. The van der Waals surface area contributed by atoms with E-state index >= 15 is 0 Å². The van der Waals surface area contributed by atoms with Gasteiger partial charge in [0.15, 0.2) is 0 Å². The molecule has 0 fully saturated rings. The van der Waals surface area contributed by atoms with Crippen molar-refractivity contribution in [3.8, 4) is 0 Å². The van der Waals surface area contributed by atoms with Crippen LogP contribution in [0.15, 0.2) is 4.79 Å². The van der Waals surface area contributed by atoms with E-state index in [2.05, 4.69) is 9.97 Å².